The van der Waals surface area contributed by atoms with Crippen LogP contribution in [0.4, 0.5) is 13.2 Å². The topological polar surface area (TPSA) is 9.23 Å². The molecule has 0 aliphatic carbocycles. The van der Waals surface area contributed by atoms with E-state index in [0.717, 1.165) is 0 Å². The molecule has 0 saturated heterocycles. The summed E-state index contributed by atoms with van der Waals surface area (Å²) in [5, 5.41) is 0. The summed E-state index contributed by atoms with van der Waals surface area (Å²) in [5.74, 6) is -2.63. The van der Waals surface area contributed by atoms with Crippen LogP contribution in [0.25, 0.3) is 0 Å². The maximum absolute atomic E-state index is 13.3. The average Bonchev–Trinajstić information content (AvgIpc) is 2.11. The number of hydrogen-bond donors (Lipinski definition) is 0. The van der Waals surface area contributed by atoms with Crippen LogP contribution in [0.2, 0.25) is 0 Å². The molecule has 1 aromatic carbocycles. The molecule has 1 aromatic rings. The first-order valence-electron chi connectivity index (χ1n) is 4.54. The van der Waals surface area contributed by atoms with E-state index in [0.29, 0.717) is 22.6 Å². The Balaban J connectivity index is 3.05. The van der Waals surface area contributed by atoms with E-state index < -0.39 is 23.1 Å². The summed E-state index contributed by atoms with van der Waals surface area (Å²) in [6.07, 6.45) is 0.0917. The molecule has 0 fully saturated rings. The van der Waals surface area contributed by atoms with E-state index in [9.17, 15) is 13.2 Å². The van der Waals surface area contributed by atoms with Crippen LogP contribution >= 0.6 is 0 Å². The Morgan fingerprint density at radius 2 is 1.67 bits per heavy atom. The van der Waals surface area contributed by atoms with Crippen molar-refractivity contribution < 1.29 is 17.6 Å². The van der Waals surface area contributed by atoms with Crippen LogP contribution in [-0.2, 0) is 10.8 Å². The first-order valence-corrected chi connectivity index (χ1v) is 5.36. The van der Waals surface area contributed by atoms with Crippen molar-refractivity contribution in [3.05, 3.63) is 35.1 Å². The second kappa shape index (κ2) is 4.36. The number of hydrogen-bond acceptors (Lipinski definition) is 1. The highest BCUT2D eigenvalue weighted by Gasteiger charge is 2.22. The third-order valence-corrected chi connectivity index (χ3v) is 3.37. The molecule has 0 spiro atoms. The number of halogens is 3. The van der Waals surface area contributed by atoms with Crippen molar-refractivity contribution in [2.75, 3.05) is 0 Å². The van der Waals surface area contributed by atoms with Crippen LogP contribution in [0.3, 0.4) is 0 Å². The van der Waals surface area contributed by atoms with Crippen LogP contribution in [0, 0.1) is 17.5 Å². The van der Waals surface area contributed by atoms with Gasteiger partial charge in [0, 0.05) is 24.1 Å². The number of rotatable bonds is 3. The predicted octanol–water partition coefficient (Wildman–Crippen LogP) is 1.72. The lowest BCUT2D eigenvalue weighted by Gasteiger charge is -2.24. The van der Waals surface area contributed by atoms with Gasteiger partial charge < -0.3 is 4.43 Å². The average molecular weight is 234 g/mol. The van der Waals surface area contributed by atoms with Crippen LogP contribution in [0.1, 0.15) is 19.4 Å². The van der Waals surface area contributed by atoms with Crippen LogP contribution in [0.5, 0.6) is 0 Å². The monoisotopic (exact) mass is 234 g/mol. The molecule has 0 aromatic heterocycles. The largest absolute Gasteiger partial charge is 0.423 e. The first-order chi connectivity index (χ1) is 6.85. The fraction of sp³-hybridized carbons (Fsp3) is 0.400. The van der Waals surface area contributed by atoms with Gasteiger partial charge in [0.05, 0.1) is 5.60 Å². The lowest BCUT2D eigenvalue weighted by Crippen LogP contribution is -2.27. The summed E-state index contributed by atoms with van der Waals surface area (Å²) in [5.41, 5.74) is -0.747. The smallest absolute Gasteiger partial charge is 0.146 e. The summed E-state index contributed by atoms with van der Waals surface area (Å²) in [4.78, 5) is 0. The molecule has 84 valence electrons. The number of benzene rings is 1. The first kappa shape index (κ1) is 12.3. The van der Waals surface area contributed by atoms with Crippen molar-refractivity contribution in [2.45, 2.75) is 25.9 Å². The van der Waals surface area contributed by atoms with E-state index in [4.69, 9.17) is 4.43 Å². The van der Waals surface area contributed by atoms with Crippen molar-refractivity contribution in [1.82, 2.24) is 0 Å². The van der Waals surface area contributed by atoms with E-state index >= 15 is 0 Å². The Morgan fingerprint density at radius 1 is 1.20 bits per heavy atom. The van der Waals surface area contributed by atoms with Crippen molar-refractivity contribution >= 4 is 10.5 Å². The van der Waals surface area contributed by atoms with E-state index in [-0.39, 0.29) is 12.0 Å². The quantitative estimate of drug-likeness (QED) is 0.724. The fourth-order valence-electron chi connectivity index (χ4n) is 1.24. The highest BCUT2D eigenvalue weighted by Crippen LogP contribution is 2.21. The minimum Gasteiger partial charge on any atom is -0.423 e. The van der Waals surface area contributed by atoms with Crippen LogP contribution in [0.15, 0.2) is 12.1 Å². The summed E-state index contributed by atoms with van der Waals surface area (Å²) in [6.45, 7) is 3.48. The Kier molecular flexibility index (Phi) is 3.57. The van der Waals surface area contributed by atoms with Gasteiger partial charge in [-0.1, -0.05) is 0 Å². The summed E-state index contributed by atoms with van der Waals surface area (Å²) >= 11 is 0. The van der Waals surface area contributed by atoms with Gasteiger partial charge in [-0.05, 0) is 13.8 Å². The second-order valence-electron chi connectivity index (χ2n) is 3.99. The van der Waals surface area contributed by atoms with E-state index in [2.05, 4.69) is 0 Å². The standard InChI is InChI=1S/C10H13F3OSi/c1-10(2,14-15)5-7-8(12)3-6(11)4-9(7)13/h3-4H,5H2,1-2,15H3. The second-order valence-corrected chi connectivity index (χ2v) is 4.40. The molecular weight excluding hydrogens is 221 g/mol. The van der Waals surface area contributed by atoms with Gasteiger partial charge in [-0.3, -0.25) is 0 Å². The SMILES string of the molecule is CC(C)(Cc1c(F)cc(F)cc1F)O[SiH3]. The molecule has 0 unspecified atom stereocenters. The van der Waals surface area contributed by atoms with E-state index in [1.165, 1.54) is 0 Å². The Labute approximate surface area is 89.8 Å². The van der Waals surface area contributed by atoms with Crippen molar-refractivity contribution in [1.29, 1.82) is 0 Å². The highest BCUT2D eigenvalue weighted by atomic mass is 28.2. The van der Waals surface area contributed by atoms with Gasteiger partial charge in [-0.2, -0.15) is 0 Å². The van der Waals surface area contributed by atoms with Gasteiger partial charge in [0.1, 0.15) is 27.9 Å². The zero-order valence-corrected chi connectivity index (χ0v) is 10.9. The molecule has 0 heterocycles. The van der Waals surface area contributed by atoms with Crippen molar-refractivity contribution in [2.24, 2.45) is 0 Å². The zero-order chi connectivity index (χ0) is 11.6. The van der Waals surface area contributed by atoms with E-state index in [1.54, 1.807) is 13.8 Å². The molecule has 0 bridgehead atoms. The minimum absolute atomic E-state index is 0.0917. The lowest BCUT2D eigenvalue weighted by atomic mass is 9.98. The molecule has 0 atom stereocenters. The third-order valence-electron chi connectivity index (χ3n) is 2.26. The molecular formula is C10H13F3OSi. The van der Waals surface area contributed by atoms with Gasteiger partial charge in [-0.15, -0.1) is 0 Å². The maximum atomic E-state index is 13.3. The minimum atomic E-state index is -0.904. The van der Waals surface area contributed by atoms with Crippen molar-refractivity contribution in [3.63, 3.8) is 0 Å². The Bertz CT molecular complexity index is 343. The Hall–Kier alpha value is -0.813. The van der Waals surface area contributed by atoms with Crippen molar-refractivity contribution in [3.8, 4) is 0 Å². The zero-order valence-electron chi connectivity index (χ0n) is 8.90. The van der Waals surface area contributed by atoms with Gasteiger partial charge >= 0.3 is 0 Å². The van der Waals surface area contributed by atoms with E-state index in [1.807, 2.05) is 0 Å². The molecule has 1 rings (SSSR count). The highest BCUT2D eigenvalue weighted by molar-refractivity contribution is 5.98. The molecule has 15 heavy (non-hydrogen) atoms. The lowest BCUT2D eigenvalue weighted by molar-refractivity contribution is 0.121. The fourth-order valence-corrected chi connectivity index (χ4v) is 1.38. The molecule has 0 N–H and O–H groups in total. The normalized spacial score (nSPS) is 12.1. The summed E-state index contributed by atoms with van der Waals surface area (Å²) < 4.78 is 44.3. The van der Waals surface area contributed by atoms with Gasteiger partial charge in [0.25, 0.3) is 0 Å². The van der Waals surface area contributed by atoms with Gasteiger partial charge in [-0.25, -0.2) is 13.2 Å². The summed E-state index contributed by atoms with van der Waals surface area (Å²) in [6, 6.07) is 1.36. The molecule has 0 radical (unpaired) electrons. The maximum Gasteiger partial charge on any atom is 0.146 e. The van der Waals surface area contributed by atoms with Gasteiger partial charge in [0.15, 0.2) is 0 Å². The Morgan fingerprint density at radius 3 is 2.07 bits per heavy atom. The molecule has 5 heteroatoms. The van der Waals surface area contributed by atoms with Crippen LogP contribution < -0.4 is 0 Å². The van der Waals surface area contributed by atoms with Crippen LogP contribution in [-0.4, -0.2) is 16.1 Å². The van der Waals surface area contributed by atoms with Gasteiger partial charge in [0.2, 0.25) is 0 Å². The summed E-state index contributed by atoms with van der Waals surface area (Å²) in [7, 11) is 0.483. The molecule has 1 nitrogen and oxygen atoms in total. The third kappa shape index (κ3) is 3.07. The molecule has 0 aliphatic rings. The molecule has 0 saturated carbocycles. The molecule has 0 amide bonds. The predicted molar refractivity (Wildman–Crippen MR) is 55.1 cm³/mol. The molecule has 0 aliphatic heterocycles.